The van der Waals surface area contributed by atoms with Gasteiger partial charge in [0.1, 0.15) is 5.54 Å². The number of nitrogens with one attached hydrogen (secondary N) is 1. The fourth-order valence-electron chi connectivity index (χ4n) is 1.46. The van der Waals surface area contributed by atoms with Gasteiger partial charge in [-0.15, -0.1) is 0 Å². The van der Waals surface area contributed by atoms with Gasteiger partial charge in [0, 0.05) is 0 Å². The first-order valence-corrected chi connectivity index (χ1v) is 4.02. The first kappa shape index (κ1) is 8.53. The molecule has 1 rings (SSSR count). The summed E-state index contributed by atoms with van der Waals surface area (Å²) >= 11 is 0. The number of methoxy groups -OCH3 is 1. The molecule has 0 bridgehead atoms. The second kappa shape index (κ2) is 3.22. The van der Waals surface area contributed by atoms with Gasteiger partial charge in [0.05, 0.1) is 7.11 Å². The van der Waals surface area contributed by atoms with E-state index in [9.17, 15) is 4.79 Å². The zero-order valence-corrected chi connectivity index (χ0v) is 7.14. The van der Waals surface area contributed by atoms with Crippen molar-refractivity contribution in [1.29, 1.82) is 0 Å². The van der Waals surface area contributed by atoms with Crippen LogP contribution in [0.15, 0.2) is 0 Å². The van der Waals surface area contributed by atoms with Crippen molar-refractivity contribution in [3.63, 3.8) is 0 Å². The Morgan fingerprint density at radius 1 is 1.55 bits per heavy atom. The predicted molar refractivity (Wildman–Crippen MR) is 42.3 cm³/mol. The molecule has 3 nitrogen and oxygen atoms in total. The number of carbonyl (C=O) groups excluding carboxylic acids is 1. The quantitative estimate of drug-likeness (QED) is 0.569. The van der Waals surface area contributed by atoms with Crippen LogP contribution in [0.3, 0.4) is 0 Å². The lowest BCUT2D eigenvalue weighted by molar-refractivity contribution is -0.148. The molecule has 0 spiro atoms. The Hall–Kier alpha value is -0.570. The number of esters is 1. The molecule has 0 aromatic carbocycles. The van der Waals surface area contributed by atoms with E-state index in [2.05, 4.69) is 5.32 Å². The minimum Gasteiger partial charge on any atom is -0.468 e. The van der Waals surface area contributed by atoms with E-state index in [1.54, 1.807) is 0 Å². The van der Waals surface area contributed by atoms with Gasteiger partial charge in [0.15, 0.2) is 0 Å². The van der Waals surface area contributed by atoms with Crippen LogP contribution < -0.4 is 5.32 Å². The molecule has 1 aliphatic rings. The van der Waals surface area contributed by atoms with Gasteiger partial charge >= 0.3 is 5.97 Å². The Kier molecular flexibility index (Phi) is 2.49. The van der Waals surface area contributed by atoms with Crippen LogP contribution in [0, 0.1) is 0 Å². The van der Waals surface area contributed by atoms with E-state index in [4.69, 9.17) is 4.74 Å². The first-order chi connectivity index (χ1) is 5.19. The topological polar surface area (TPSA) is 38.3 Å². The molecule has 0 amide bonds. The average Bonchev–Trinajstić information content (AvgIpc) is 2.04. The van der Waals surface area contributed by atoms with Gasteiger partial charge < -0.3 is 10.1 Å². The van der Waals surface area contributed by atoms with Crippen LogP contribution in [0.1, 0.15) is 26.2 Å². The first-order valence-electron chi connectivity index (χ1n) is 4.02. The lowest BCUT2D eigenvalue weighted by Gasteiger charge is -2.31. The molecule has 1 fully saturated rings. The highest BCUT2D eigenvalue weighted by molar-refractivity contribution is 5.80. The summed E-state index contributed by atoms with van der Waals surface area (Å²) < 4.78 is 4.69. The molecular weight excluding hydrogens is 142 g/mol. The minimum atomic E-state index is -0.424. The number of carbonyl (C=O) groups is 1. The molecule has 0 radical (unpaired) electrons. The van der Waals surface area contributed by atoms with Gasteiger partial charge in [-0.25, -0.2) is 0 Å². The normalized spacial score (nSPS) is 31.5. The second-order valence-corrected chi connectivity index (χ2v) is 3.21. The van der Waals surface area contributed by atoms with Gasteiger partial charge in [-0.1, -0.05) is 0 Å². The summed E-state index contributed by atoms with van der Waals surface area (Å²) in [5.41, 5.74) is -0.424. The van der Waals surface area contributed by atoms with Gasteiger partial charge in [-0.3, -0.25) is 4.79 Å². The molecule has 1 N–H and O–H groups in total. The Balaban J connectivity index is 2.56. The fraction of sp³-hybridized carbons (Fsp3) is 0.875. The number of rotatable bonds is 1. The molecule has 0 aliphatic carbocycles. The molecular formula is C8H15NO2. The maximum Gasteiger partial charge on any atom is 0.325 e. The molecule has 1 atom stereocenters. The molecule has 0 aromatic heterocycles. The molecule has 0 saturated carbocycles. The van der Waals surface area contributed by atoms with Crippen LogP contribution >= 0.6 is 0 Å². The lowest BCUT2D eigenvalue weighted by Crippen LogP contribution is -2.52. The molecule has 1 heterocycles. The summed E-state index contributed by atoms with van der Waals surface area (Å²) in [6.45, 7) is 2.82. The smallest absolute Gasteiger partial charge is 0.325 e. The summed E-state index contributed by atoms with van der Waals surface area (Å²) in [7, 11) is 1.43. The average molecular weight is 157 g/mol. The van der Waals surface area contributed by atoms with E-state index in [1.807, 2.05) is 6.92 Å². The number of ether oxygens (including phenoxy) is 1. The summed E-state index contributed by atoms with van der Waals surface area (Å²) in [5, 5.41) is 3.17. The van der Waals surface area contributed by atoms with Crippen LogP contribution in [0.5, 0.6) is 0 Å². The van der Waals surface area contributed by atoms with Crippen molar-refractivity contribution >= 4 is 5.97 Å². The van der Waals surface area contributed by atoms with Gasteiger partial charge in [0.25, 0.3) is 0 Å². The Morgan fingerprint density at radius 3 is 2.73 bits per heavy atom. The summed E-state index contributed by atoms with van der Waals surface area (Å²) in [4.78, 5) is 11.2. The minimum absolute atomic E-state index is 0.141. The third-order valence-electron chi connectivity index (χ3n) is 2.25. The van der Waals surface area contributed by atoms with E-state index in [0.29, 0.717) is 0 Å². The Labute approximate surface area is 67.1 Å². The largest absolute Gasteiger partial charge is 0.468 e. The maximum absolute atomic E-state index is 11.2. The van der Waals surface area contributed by atoms with Crippen LogP contribution in [0.4, 0.5) is 0 Å². The highest BCUT2D eigenvalue weighted by Crippen LogP contribution is 2.19. The van der Waals surface area contributed by atoms with Crippen molar-refractivity contribution in [2.75, 3.05) is 13.7 Å². The molecule has 11 heavy (non-hydrogen) atoms. The van der Waals surface area contributed by atoms with Gasteiger partial charge in [-0.2, -0.15) is 0 Å². The summed E-state index contributed by atoms with van der Waals surface area (Å²) in [5.74, 6) is -0.141. The molecule has 1 aliphatic heterocycles. The molecule has 0 aromatic rings. The third kappa shape index (κ3) is 1.71. The van der Waals surface area contributed by atoms with Crippen molar-refractivity contribution in [1.82, 2.24) is 5.32 Å². The Morgan fingerprint density at radius 2 is 2.27 bits per heavy atom. The standard InChI is InChI=1S/C8H15NO2/c1-8(7(10)11-2)5-3-4-6-9-8/h9H,3-6H2,1-2H3. The van der Waals surface area contributed by atoms with Crippen LogP contribution in [-0.2, 0) is 9.53 Å². The molecule has 1 saturated heterocycles. The number of hydrogen-bond donors (Lipinski definition) is 1. The lowest BCUT2D eigenvalue weighted by atomic mass is 9.91. The van der Waals surface area contributed by atoms with E-state index >= 15 is 0 Å². The number of piperidine rings is 1. The van der Waals surface area contributed by atoms with Crippen molar-refractivity contribution in [2.24, 2.45) is 0 Å². The molecule has 1 unspecified atom stereocenters. The summed E-state index contributed by atoms with van der Waals surface area (Å²) in [6, 6.07) is 0. The van der Waals surface area contributed by atoms with E-state index in [1.165, 1.54) is 7.11 Å². The highest BCUT2D eigenvalue weighted by atomic mass is 16.5. The molecule has 3 heteroatoms. The third-order valence-corrected chi connectivity index (χ3v) is 2.25. The van der Waals surface area contributed by atoms with E-state index < -0.39 is 5.54 Å². The van der Waals surface area contributed by atoms with Crippen LogP contribution in [0.2, 0.25) is 0 Å². The van der Waals surface area contributed by atoms with Crippen molar-refractivity contribution in [3.8, 4) is 0 Å². The van der Waals surface area contributed by atoms with Crippen LogP contribution in [-0.4, -0.2) is 25.2 Å². The molecule has 64 valence electrons. The predicted octanol–water partition coefficient (Wildman–Crippen LogP) is 0.692. The zero-order valence-electron chi connectivity index (χ0n) is 7.14. The zero-order chi connectivity index (χ0) is 8.32. The van der Waals surface area contributed by atoms with Crippen molar-refractivity contribution in [3.05, 3.63) is 0 Å². The SMILES string of the molecule is COC(=O)C1(C)CCCCN1. The van der Waals surface area contributed by atoms with Crippen LogP contribution in [0.25, 0.3) is 0 Å². The van der Waals surface area contributed by atoms with Crippen molar-refractivity contribution < 1.29 is 9.53 Å². The van der Waals surface area contributed by atoms with E-state index in [-0.39, 0.29) is 5.97 Å². The highest BCUT2D eigenvalue weighted by Gasteiger charge is 2.34. The van der Waals surface area contributed by atoms with E-state index in [0.717, 1.165) is 25.8 Å². The van der Waals surface area contributed by atoms with Crippen molar-refractivity contribution in [2.45, 2.75) is 31.7 Å². The fourth-order valence-corrected chi connectivity index (χ4v) is 1.46. The summed E-state index contributed by atoms with van der Waals surface area (Å²) in [6.07, 6.45) is 3.16. The number of hydrogen-bond acceptors (Lipinski definition) is 3. The van der Waals surface area contributed by atoms with Gasteiger partial charge in [0.2, 0.25) is 0 Å². The monoisotopic (exact) mass is 157 g/mol. The maximum atomic E-state index is 11.2. The van der Waals surface area contributed by atoms with Gasteiger partial charge in [-0.05, 0) is 32.7 Å². The second-order valence-electron chi connectivity index (χ2n) is 3.21. The Bertz CT molecular complexity index is 150.